The van der Waals surface area contributed by atoms with Crippen LogP contribution in [0.5, 0.6) is 0 Å². The van der Waals surface area contributed by atoms with Gasteiger partial charge in [0.15, 0.2) is 0 Å². The van der Waals surface area contributed by atoms with Crippen molar-refractivity contribution in [1.29, 1.82) is 0 Å². The van der Waals surface area contributed by atoms with Gasteiger partial charge >= 0.3 is 6.18 Å². The Kier molecular flexibility index (Phi) is 2.92. The van der Waals surface area contributed by atoms with Crippen molar-refractivity contribution < 1.29 is 13.2 Å². The maximum atomic E-state index is 12.8. The Bertz CT molecular complexity index is 487. The van der Waals surface area contributed by atoms with Crippen LogP contribution in [0.3, 0.4) is 0 Å². The zero-order chi connectivity index (χ0) is 12.5. The van der Waals surface area contributed by atoms with Crippen molar-refractivity contribution in [2.45, 2.75) is 13.1 Å². The van der Waals surface area contributed by atoms with Crippen LogP contribution in [0.15, 0.2) is 41.0 Å². The minimum atomic E-state index is -4.37. The van der Waals surface area contributed by atoms with Crippen molar-refractivity contribution >= 4 is 5.84 Å². The van der Waals surface area contributed by atoms with Crippen LogP contribution in [0, 0.1) is 0 Å². The zero-order valence-corrected chi connectivity index (χ0v) is 9.17. The number of alkyl halides is 3. The summed E-state index contributed by atoms with van der Waals surface area (Å²) in [6, 6.07) is 5.43. The number of benzene rings is 1. The molecule has 0 spiro atoms. The van der Waals surface area contributed by atoms with Crippen LogP contribution in [0.25, 0.3) is 0 Å². The molecule has 0 amide bonds. The number of amidine groups is 1. The molecule has 2 rings (SSSR count). The molecule has 0 aromatic heterocycles. The van der Waals surface area contributed by atoms with E-state index in [1.165, 1.54) is 12.1 Å². The highest BCUT2D eigenvalue weighted by Gasteiger charge is 2.34. The number of nitrogens with zero attached hydrogens (tertiary/aromatic N) is 1. The molecule has 0 atom stereocenters. The fourth-order valence-corrected chi connectivity index (χ4v) is 1.64. The number of allylic oxidation sites excluding steroid dienone is 1. The summed E-state index contributed by atoms with van der Waals surface area (Å²) in [6.45, 7) is 2.20. The van der Waals surface area contributed by atoms with Gasteiger partial charge in [0.2, 0.25) is 0 Å². The first-order valence-electron chi connectivity index (χ1n) is 5.13. The molecular formula is C12H11F3N2. The highest BCUT2D eigenvalue weighted by molar-refractivity contribution is 6.01. The van der Waals surface area contributed by atoms with Crippen molar-refractivity contribution in [3.8, 4) is 0 Å². The lowest BCUT2D eigenvalue weighted by Crippen LogP contribution is -2.28. The molecule has 1 aliphatic rings. The molecule has 0 radical (unpaired) electrons. The fraction of sp³-hybridized carbons (Fsp3) is 0.250. The second-order valence-corrected chi connectivity index (χ2v) is 3.74. The van der Waals surface area contributed by atoms with E-state index in [9.17, 15) is 13.2 Å². The van der Waals surface area contributed by atoms with E-state index in [0.29, 0.717) is 6.54 Å². The van der Waals surface area contributed by atoms with E-state index in [1.807, 2.05) is 6.08 Å². The second kappa shape index (κ2) is 4.24. The Morgan fingerprint density at radius 3 is 2.59 bits per heavy atom. The van der Waals surface area contributed by atoms with Crippen molar-refractivity contribution in [3.63, 3.8) is 0 Å². The molecule has 1 aromatic carbocycles. The van der Waals surface area contributed by atoms with E-state index in [-0.39, 0.29) is 11.4 Å². The lowest BCUT2D eigenvalue weighted by atomic mass is 10.1. The summed E-state index contributed by atoms with van der Waals surface area (Å²) >= 11 is 0. The van der Waals surface area contributed by atoms with Crippen molar-refractivity contribution in [3.05, 3.63) is 47.2 Å². The molecule has 0 fully saturated rings. The molecule has 0 saturated heterocycles. The second-order valence-electron chi connectivity index (χ2n) is 3.74. The van der Waals surface area contributed by atoms with Gasteiger partial charge in [-0.2, -0.15) is 13.2 Å². The van der Waals surface area contributed by atoms with Gasteiger partial charge < -0.3 is 5.32 Å². The summed E-state index contributed by atoms with van der Waals surface area (Å²) in [5.41, 5.74) is 0.236. The molecule has 5 heteroatoms. The minimum Gasteiger partial charge on any atom is -0.344 e. The van der Waals surface area contributed by atoms with Gasteiger partial charge in [-0.05, 0) is 19.1 Å². The van der Waals surface area contributed by atoms with Gasteiger partial charge in [0.1, 0.15) is 5.84 Å². The molecule has 1 N–H and O–H groups in total. The first-order chi connectivity index (χ1) is 7.98. The summed E-state index contributed by atoms with van der Waals surface area (Å²) in [7, 11) is 0. The Morgan fingerprint density at radius 2 is 1.94 bits per heavy atom. The molecule has 0 aliphatic carbocycles. The van der Waals surface area contributed by atoms with Crippen LogP contribution in [-0.2, 0) is 6.18 Å². The number of rotatable bonds is 1. The zero-order valence-electron chi connectivity index (χ0n) is 9.17. The van der Waals surface area contributed by atoms with E-state index in [4.69, 9.17) is 0 Å². The quantitative estimate of drug-likeness (QED) is 0.801. The number of hydrogen-bond donors (Lipinski definition) is 1. The largest absolute Gasteiger partial charge is 0.417 e. The third-order valence-electron chi connectivity index (χ3n) is 2.45. The summed E-state index contributed by atoms with van der Waals surface area (Å²) in [5, 5.41) is 2.86. The van der Waals surface area contributed by atoms with Gasteiger partial charge in [0, 0.05) is 11.3 Å². The third kappa shape index (κ3) is 2.49. The number of aliphatic imine (C=N–C) groups is 1. The predicted octanol–water partition coefficient (Wildman–Crippen LogP) is 2.96. The standard InChI is InChI=1S/C12H11F3N2/c1-8-6-7-16-11(17-8)9-4-2-3-5-10(9)12(13,14)15/h2-6H,7H2,1H3,(H,16,17). The average Bonchev–Trinajstić information content (AvgIpc) is 2.28. The lowest BCUT2D eigenvalue weighted by Gasteiger charge is -2.18. The third-order valence-corrected chi connectivity index (χ3v) is 2.45. The monoisotopic (exact) mass is 240 g/mol. The van der Waals surface area contributed by atoms with Crippen LogP contribution in [0.2, 0.25) is 0 Å². The van der Waals surface area contributed by atoms with Gasteiger partial charge in [0.05, 0.1) is 12.1 Å². The average molecular weight is 240 g/mol. The number of halogens is 3. The topological polar surface area (TPSA) is 24.4 Å². The molecule has 0 bridgehead atoms. The van der Waals surface area contributed by atoms with Gasteiger partial charge in [-0.1, -0.05) is 18.2 Å². The van der Waals surface area contributed by atoms with E-state index in [1.54, 1.807) is 13.0 Å². The Balaban J connectivity index is 2.43. The van der Waals surface area contributed by atoms with Crippen molar-refractivity contribution in [1.82, 2.24) is 5.32 Å². The lowest BCUT2D eigenvalue weighted by molar-refractivity contribution is -0.137. The minimum absolute atomic E-state index is 0.0902. The number of hydrogen-bond acceptors (Lipinski definition) is 2. The van der Waals surface area contributed by atoms with Crippen molar-refractivity contribution in [2.75, 3.05) is 6.54 Å². The molecule has 2 nitrogen and oxygen atoms in total. The molecule has 1 aromatic rings. The molecule has 0 unspecified atom stereocenters. The molecule has 1 aliphatic heterocycles. The van der Waals surface area contributed by atoms with E-state index < -0.39 is 11.7 Å². The van der Waals surface area contributed by atoms with Crippen LogP contribution in [0.4, 0.5) is 13.2 Å². The van der Waals surface area contributed by atoms with E-state index in [2.05, 4.69) is 10.3 Å². The normalized spacial score (nSPS) is 16.0. The molecule has 1 heterocycles. The smallest absolute Gasteiger partial charge is 0.344 e. The SMILES string of the molecule is CC1=CCN=C(c2ccccc2C(F)(F)F)N1. The van der Waals surface area contributed by atoms with Gasteiger partial charge in [-0.3, -0.25) is 4.99 Å². The molecule has 0 saturated carbocycles. The Morgan fingerprint density at radius 1 is 1.24 bits per heavy atom. The highest BCUT2D eigenvalue weighted by Crippen LogP contribution is 2.32. The first kappa shape index (κ1) is 11.7. The highest BCUT2D eigenvalue weighted by atomic mass is 19.4. The fourth-order valence-electron chi connectivity index (χ4n) is 1.64. The van der Waals surface area contributed by atoms with Crippen molar-refractivity contribution in [2.24, 2.45) is 4.99 Å². The van der Waals surface area contributed by atoms with Crippen LogP contribution >= 0.6 is 0 Å². The summed E-state index contributed by atoms with van der Waals surface area (Å²) in [5.74, 6) is 0.276. The van der Waals surface area contributed by atoms with Gasteiger partial charge in [-0.15, -0.1) is 0 Å². The predicted molar refractivity (Wildman–Crippen MR) is 59.7 cm³/mol. The van der Waals surface area contributed by atoms with Gasteiger partial charge in [-0.25, -0.2) is 0 Å². The molecule has 17 heavy (non-hydrogen) atoms. The maximum Gasteiger partial charge on any atom is 0.417 e. The van der Waals surface area contributed by atoms with Crippen LogP contribution in [0.1, 0.15) is 18.1 Å². The van der Waals surface area contributed by atoms with Gasteiger partial charge in [0.25, 0.3) is 0 Å². The number of nitrogens with one attached hydrogen (secondary N) is 1. The maximum absolute atomic E-state index is 12.8. The Labute approximate surface area is 96.9 Å². The van der Waals surface area contributed by atoms with E-state index in [0.717, 1.165) is 11.8 Å². The van der Waals surface area contributed by atoms with Crippen LogP contribution < -0.4 is 5.32 Å². The summed E-state index contributed by atoms with van der Waals surface area (Å²) in [6.07, 6.45) is -2.55. The summed E-state index contributed by atoms with van der Waals surface area (Å²) in [4.78, 5) is 4.05. The Hall–Kier alpha value is -1.78. The first-order valence-corrected chi connectivity index (χ1v) is 5.13. The molecule has 90 valence electrons. The van der Waals surface area contributed by atoms with Crippen LogP contribution in [-0.4, -0.2) is 12.4 Å². The summed E-state index contributed by atoms with van der Waals surface area (Å²) < 4.78 is 38.4. The molecular weight excluding hydrogens is 229 g/mol. The van der Waals surface area contributed by atoms with E-state index >= 15 is 0 Å².